The number of nitrogens with zero attached hydrogens (tertiary/aromatic N) is 2. The first kappa shape index (κ1) is 12.4. The summed E-state index contributed by atoms with van der Waals surface area (Å²) in [7, 11) is -1.37. The Hall–Kier alpha value is -0.640. The molecule has 0 aromatic carbocycles. The van der Waals surface area contributed by atoms with Gasteiger partial charge in [-0.15, -0.1) is 0 Å². The number of aliphatic hydroxyl groups excluding tert-OH is 1. The standard InChI is InChI=1S/C9H16N2O3S/c1-7(3-4-10)11(2)8-5-15(13,14)6-9(8)12/h7-9,12H,3,5-6H2,1-2H3. The van der Waals surface area contributed by atoms with Gasteiger partial charge in [0.2, 0.25) is 0 Å². The van der Waals surface area contributed by atoms with E-state index < -0.39 is 15.9 Å². The number of hydrogen-bond acceptors (Lipinski definition) is 5. The van der Waals surface area contributed by atoms with Crippen LogP contribution in [-0.4, -0.2) is 55.2 Å². The first-order valence-corrected chi connectivity index (χ1v) is 6.67. The van der Waals surface area contributed by atoms with E-state index in [-0.39, 0.29) is 23.6 Å². The lowest BCUT2D eigenvalue weighted by Crippen LogP contribution is -2.45. The van der Waals surface area contributed by atoms with Gasteiger partial charge in [0, 0.05) is 6.04 Å². The number of aliphatic hydroxyl groups is 1. The minimum Gasteiger partial charge on any atom is -0.390 e. The van der Waals surface area contributed by atoms with Crippen LogP contribution in [0.4, 0.5) is 0 Å². The van der Waals surface area contributed by atoms with E-state index in [1.807, 2.05) is 13.0 Å². The molecule has 0 saturated carbocycles. The second-order valence-electron chi connectivity index (χ2n) is 4.09. The van der Waals surface area contributed by atoms with Crippen LogP contribution in [0.2, 0.25) is 0 Å². The van der Waals surface area contributed by atoms with Gasteiger partial charge in [0.15, 0.2) is 9.84 Å². The minimum atomic E-state index is -3.11. The summed E-state index contributed by atoms with van der Waals surface area (Å²) in [6.07, 6.45) is -0.499. The van der Waals surface area contributed by atoms with E-state index in [1.165, 1.54) is 0 Å². The van der Waals surface area contributed by atoms with Crippen molar-refractivity contribution >= 4 is 9.84 Å². The van der Waals surface area contributed by atoms with Crippen LogP contribution in [0.15, 0.2) is 0 Å². The third kappa shape index (κ3) is 2.91. The fraction of sp³-hybridized carbons (Fsp3) is 0.889. The number of rotatable bonds is 3. The van der Waals surface area contributed by atoms with Gasteiger partial charge in [-0.25, -0.2) is 8.42 Å². The van der Waals surface area contributed by atoms with Gasteiger partial charge in [-0.1, -0.05) is 0 Å². The molecule has 1 saturated heterocycles. The Morgan fingerprint density at radius 2 is 2.20 bits per heavy atom. The van der Waals surface area contributed by atoms with Crippen LogP contribution >= 0.6 is 0 Å². The largest absolute Gasteiger partial charge is 0.390 e. The van der Waals surface area contributed by atoms with Crippen LogP contribution in [0.25, 0.3) is 0 Å². The average Bonchev–Trinajstić information content (AvgIpc) is 2.39. The monoisotopic (exact) mass is 232 g/mol. The fourth-order valence-electron chi connectivity index (χ4n) is 1.80. The summed E-state index contributed by atoms with van der Waals surface area (Å²) >= 11 is 0. The van der Waals surface area contributed by atoms with E-state index in [0.717, 1.165) is 0 Å². The van der Waals surface area contributed by atoms with Crippen LogP contribution in [0.1, 0.15) is 13.3 Å². The summed E-state index contributed by atoms with van der Waals surface area (Å²) in [6.45, 7) is 1.85. The molecule has 0 bridgehead atoms. The molecule has 0 radical (unpaired) electrons. The fourth-order valence-corrected chi connectivity index (χ4v) is 3.66. The second-order valence-corrected chi connectivity index (χ2v) is 6.24. The Bertz CT molecular complexity index is 360. The Morgan fingerprint density at radius 3 is 2.60 bits per heavy atom. The lowest BCUT2D eigenvalue weighted by Gasteiger charge is -2.30. The van der Waals surface area contributed by atoms with Crippen LogP contribution in [-0.2, 0) is 9.84 Å². The highest BCUT2D eigenvalue weighted by Crippen LogP contribution is 2.19. The normalized spacial score (nSPS) is 31.4. The second kappa shape index (κ2) is 4.47. The van der Waals surface area contributed by atoms with Crippen molar-refractivity contribution in [3.8, 4) is 6.07 Å². The Labute approximate surface area is 90.2 Å². The van der Waals surface area contributed by atoms with Crippen molar-refractivity contribution in [3.63, 3.8) is 0 Å². The maximum atomic E-state index is 11.3. The molecular weight excluding hydrogens is 216 g/mol. The highest BCUT2D eigenvalue weighted by Gasteiger charge is 2.39. The summed E-state index contributed by atoms with van der Waals surface area (Å²) in [4.78, 5) is 1.78. The van der Waals surface area contributed by atoms with E-state index in [1.54, 1.807) is 11.9 Å². The number of sulfone groups is 1. The first-order chi connectivity index (χ1) is 6.87. The van der Waals surface area contributed by atoms with Crippen molar-refractivity contribution in [2.24, 2.45) is 0 Å². The lowest BCUT2D eigenvalue weighted by molar-refractivity contribution is 0.0789. The average molecular weight is 232 g/mol. The molecule has 86 valence electrons. The predicted molar refractivity (Wildman–Crippen MR) is 55.9 cm³/mol. The number of hydrogen-bond donors (Lipinski definition) is 1. The summed E-state index contributed by atoms with van der Waals surface area (Å²) in [6, 6.07) is 1.62. The Kier molecular flexibility index (Phi) is 3.71. The summed E-state index contributed by atoms with van der Waals surface area (Å²) in [5, 5.41) is 18.1. The highest BCUT2D eigenvalue weighted by atomic mass is 32.2. The summed E-state index contributed by atoms with van der Waals surface area (Å²) < 4.78 is 22.6. The van der Waals surface area contributed by atoms with E-state index in [9.17, 15) is 13.5 Å². The molecule has 0 spiro atoms. The zero-order chi connectivity index (χ0) is 11.6. The molecule has 1 aliphatic heterocycles. The van der Waals surface area contributed by atoms with Gasteiger partial charge < -0.3 is 5.11 Å². The molecule has 6 heteroatoms. The molecule has 1 aliphatic rings. The number of likely N-dealkylation sites (N-methyl/N-ethyl adjacent to an activating group) is 1. The van der Waals surface area contributed by atoms with Crippen LogP contribution in [0.5, 0.6) is 0 Å². The molecule has 1 fully saturated rings. The Balaban J connectivity index is 2.70. The molecule has 1 N–H and O–H groups in total. The van der Waals surface area contributed by atoms with Gasteiger partial charge >= 0.3 is 0 Å². The molecule has 0 aliphatic carbocycles. The van der Waals surface area contributed by atoms with Crippen LogP contribution in [0.3, 0.4) is 0 Å². The van der Waals surface area contributed by atoms with Crippen molar-refractivity contribution in [1.82, 2.24) is 4.90 Å². The van der Waals surface area contributed by atoms with Crippen molar-refractivity contribution < 1.29 is 13.5 Å². The third-order valence-electron chi connectivity index (χ3n) is 2.90. The molecule has 5 nitrogen and oxygen atoms in total. The molecular formula is C9H16N2O3S. The molecule has 3 unspecified atom stereocenters. The summed E-state index contributed by atoms with van der Waals surface area (Å²) in [5.74, 6) is -0.179. The van der Waals surface area contributed by atoms with Crippen molar-refractivity contribution in [3.05, 3.63) is 0 Å². The topological polar surface area (TPSA) is 81.4 Å². The first-order valence-electron chi connectivity index (χ1n) is 4.85. The molecule has 0 amide bonds. The quantitative estimate of drug-likeness (QED) is 0.701. The van der Waals surface area contributed by atoms with Crippen molar-refractivity contribution in [1.29, 1.82) is 5.26 Å². The molecule has 3 atom stereocenters. The lowest BCUT2D eigenvalue weighted by atomic mass is 10.1. The van der Waals surface area contributed by atoms with E-state index >= 15 is 0 Å². The van der Waals surface area contributed by atoms with E-state index in [0.29, 0.717) is 6.42 Å². The van der Waals surface area contributed by atoms with Crippen molar-refractivity contribution in [2.75, 3.05) is 18.6 Å². The Morgan fingerprint density at radius 1 is 1.60 bits per heavy atom. The smallest absolute Gasteiger partial charge is 0.154 e. The minimum absolute atomic E-state index is 0.0135. The van der Waals surface area contributed by atoms with Crippen LogP contribution < -0.4 is 0 Å². The van der Waals surface area contributed by atoms with Gasteiger partial charge in [-0.2, -0.15) is 5.26 Å². The van der Waals surface area contributed by atoms with E-state index in [2.05, 4.69) is 0 Å². The molecule has 15 heavy (non-hydrogen) atoms. The van der Waals surface area contributed by atoms with Gasteiger partial charge in [-0.05, 0) is 14.0 Å². The maximum Gasteiger partial charge on any atom is 0.154 e. The zero-order valence-corrected chi connectivity index (χ0v) is 9.74. The van der Waals surface area contributed by atoms with Gasteiger partial charge in [0.1, 0.15) is 0 Å². The van der Waals surface area contributed by atoms with Crippen molar-refractivity contribution in [2.45, 2.75) is 31.5 Å². The zero-order valence-electron chi connectivity index (χ0n) is 8.92. The van der Waals surface area contributed by atoms with Gasteiger partial charge in [0.05, 0.1) is 36.1 Å². The highest BCUT2D eigenvalue weighted by molar-refractivity contribution is 7.91. The SMILES string of the molecule is CC(CC#N)N(C)C1CS(=O)(=O)CC1O. The maximum absolute atomic E-state index is 11.3. The third-order valence-corrected chi connectivity index (χ3v) is 4.60. The number of nitriles is 1. The molecule has 1 heterocycles. The van der Waals surface area contributed by atoms with Gasteiger partial charge in [-0.3, -0.25) is 4.90 Å². The molecule has 0 aromatic rings. The molecule has 1 rings (SSSR count). The van der Waals surface area contributed by atoms with Crippen LogP contribution in [0, 0.1) is 11.3 Å². The predicted octanol–water partition coefficient (Wildman–Crippen LogP) is -0.622. The molecule has 0 aromatic heterocycles. The summed E-state index contributed by atoms with van der Waals surface area (Å²) in [5.41, 5.74) is 0. The van der Waals surface area contributed by atoms with Gasteiger partial charge in [0.25, 0.3) is 0 Å². The van der Waals surface area contributed by atoms with E-state index in [4.69, 9.17) is 5.26 Å².